The van der Waals surface area contributed by atoms with E-state index in [9.17, 15) is 0 Å². The van der Waals surface area contributed by atoms with Crippen LogP contribution in [-0.4, -0.2) is 30.9 Å². The fourth-order valence-electron chi connectivity index (χ4n) is 2.56. The molecule has 1 heterocycles. The van der Waals surface area contributed by atoms with Crippen molar-refractivity contribution in [3.63, 3.8) is 0 Å². The second-order valence-electron chi connectivity index (χ2n) is 4.99. The molecule has 5 heteroatoms. The average molecular weight is 326 g/mol. The van der Waals surface area contributed by atoms with Crippen LogP contribution >= 0.6 is 15.9 Å². The summed E-state index contributed by atoms with van der Waals surface area (Å²) < 4.78 is 6.46. The second kappa shape index (κ2) is 6.39. The third kappa shape index (κ3) is 3.70. The van der Waals surface area contributed by atoms with Crippen LogP contribution in [0.3, 0.4) is 0 Å². The largest absolute Gasteiger partial charge is 0.496 e. The van der Waals surface area contributed by atoms with Gasteiger partial charge in [0.05, 0.1) is 12.9 Å². The number of hydrogen-bond acceptors (Lipinski definition) is 3. The van der Waals surface area contributed by atoms with Gasteiger partial charge in [-0.2, -0.15) is 0 Å². The number of likely N-dealkylation sites (tertiary alicyclic amines) is 1. The Hall–Kier alpha value is -1.07. The zero-order valence-electron chi connectivity index (χ0n) is 11.2. The van der Waals surface area contributed by atoms with Crippen LogP contribution in [0.5, 0.6) is 5.75 Å². The first-order valence-corrected chi connectivity index (χ1v) is 7.28. The third-order valence-electron chi connectivity index (χ3n) is 3.58. The monoisotopic (exact) mass is 325 g/mol. The summed E-state index contributed by atoms with van der Waals surface area (Å²) in [6, 6.07) is 6.05. The van der Waals surface area contributed by atoms with E-state index in [1.54, 1.807) is 7.11 Å². The molecule has 0 amide bonds. The van der Waals surface area contributed by atoms with Gasteiger partial charge in [0, 0.05) is 29.0 Å². The number of nitrogens with zero attached hydrogens (tertiary/aromatic N) is 1. The molecule has 0 bridgehead atoms. The van der Waals surface area contributed by atoms with Gasteiger partial charge < -0.3 is 10.5 Å². The average Bonchev–Trinajstić information content (AvgIpc) is 2.39. The minimum atomic E-state index is 0.201. The van der Waals surface area contributed by atoms with Gasteiger partial charge in [0.25, 0.3) is 0 Å². The van der Waals surface area contributed by atoms with Gasteiger partial charge in [0.2, 0.25) is 0 Å². The number of rotatable bonds is 4. The fourth-order valence-corrected chi connectivity index (χ4v) is 2.97. The maximum absolute atomic E-state index is 7.59. The van der Waals surface area contributed by atoms with E-state index in [4.69, 9.17) is 15.9 Å². The lowest BCUT2D eigenvalue weighted by Gasteiger charge is -2.32. The molecular formula is C14H20BrN3O. The van der Waals surface area contributed by atoms with Crippen LogP contribution in [0.1, 0.15) is 18.4 Å². The number of ether oxygens (including phenoxy) is 1. The Morgan fingerprint density at radius 3 is 3.05 bits per heavy atom. The molecule has 104 valence electrons. The number of halogens is 1. The van der Waals surface area contributed by atoms with Crippen LogP contribution in [-0.2, 0) is 6.54 Å². The smallest absolute Gasteiger partial charge is 0.123 e. The van der Waals surface area contributed by atoms with Gasteiger partial charge in [-0.3, -0.25) is 10.3 Å². The van der Waals surface area contributed by atoms with Gasteiger partial charge in [0.1, 0.15) is 5.75 Å². The molecule has 0 aromatic heterocycles. The fraction of sp³-hybridized carbons (Fsp3) is 0.500. The van der Waals surface area contributed by atoms with Crippen molar-refractivity contribution in [2.24, 2.45) is 11.7 Å². The van der Waals surface area contributed by atoms with Crippen LogP contribution in [0.15, 0.2) is 22.7 Å². The molecule has 0 spiro atoms. The molecule has 0 radical (unpaired) electrons. The molecule has 0 saturated carbocycles. The van der Waals surface area contributed by atoms with E-state index < -0.39 is 0 Å². The topological polar surface area (TPSA) is 62.3 Å². The minimum Gasteiger partial charge on any atom is -0.496 e. The zero-order chi connectivity index (χ0) is 13.8. The van der Waals surface area contributed by atoms with Gasteiger partial charge in [0.15, 0.2) is 0 Å². The van der Waals surface area contributed by atoms with Crippen molar-refractivity contribution in [3.8, 4) is 5.75 Å². The van der Waals surface area contributed by atoms with E-state index in [1.165, 1.54) is 5.56 Å². The molecule has 2 rings (SSSR count). The highest BCUT2D eigenvalue weighted by Crippen LogP contribution is 2.26. The van der Waals surface area contributed by atoms with E-state index >= 15 is 0 Å². The lowest BCUT2D eigenvalue weighted by molar-refractivity contribution is 0.193. The van der Waals surface area contributed by atoms with Gasteiger partial charge in [-0.25, -0.2) is 0 Å². The lowest BCUT2D eigenvalue weighted by Crippen LogP contribution is -2.40. The first-order valence-electron chi connectivity index (χ1n) is 6.49. The Labute approximate surface area is 122 Å². The van der Waals surface area contributed by atoms with Gasteiger partial charge in [-0.15, -0.1) is 0 Å². The van der Waals surface area contributed by atoms with Gasteiger partial charge >= 0.3 is 0 Å². The summed E-state index contributed by atoms with van der Waals surface area (Å²) in [5, 5.41) is 7.59. The van der Waals surface area contributed by atoms with Crippen molar-refractivity contribution in [3.05, 3.63) is 28.2 Å². The summed E-state index contributed by atoms with van der Waals surface area (Å²) >= 11 is 3.50. The molecule has 1 unspecified atom stereocenters. The molecule has 0 aliphatic carbocycles. The molecule has 4 nitrogen and oxygen atoms in total. The van der Waals surface area contributed by atoms with Crippen LogP contribution in [0.25, 0.3) is 0 Å². The number of benzene rings is 1. The quantitative estimate of drug-likeness (QED) is 0.660. The highest BCUT2D eigenvalue weighted by Gasteiger charge is 2.22. The molecule has 1 aliphatic heterocycles. The summed E-state index contributed by atoms with van der Waals surface area (Å²) in [6.45, 7) is 2.76. The standard InChI is InChI=1S/C14H20BrN3O/c1-19-13-5-4-12(15)7-11(13)9-18-6-2-3-10(8-18)14(16)17/h4-5,7,10H,2-3,6,8-9H2,1H3,(H3,16,17). The van der Waals surface area contributed by atoms with E-state index in [0.29, 0.717) is 5.84 Å². The van der Waals surface area contributed by atoms with E-state index in [-0.39, 0.29) is 5.92 Å². The maximum Gasteiger partial charge on any atom is 0.123 e. The number of amidine groups is 1. The first-order chi connectivity index (χ1) is 9.10. The number of nitrogens with one attached hydrogen (secondary N) is 1. The molecule has 19 heavy (non-hydrogen) atoms. The molecule has 1 atom stereocenters. The summed E-state index contributed by atoms with van der Waals surface area (Å²) in [6.07, 6.45) is 2.13. The maximum atomic E-state index is 7.59. The van der Waals surface area contributed by atoms with Crippen LogP contribution in [0.2, 0.25) is 0 Å². The first kappa shape index (κ1) is 14.3. The van der Waals surface area contributed by atoms with Crippen molar-refractivity contribution in [2.45, 2.75) is 19.4 Å². The second-order valence-corrected chi connectivity index (χ2v) is 5.90. The summed E-state index contributed by atoms with van der Waals surface area (Å²) in [5.74, 6) is 1.42. The number of piperidine rings is 1. The van der Waals surface area contributed by atoms with Crippen LogP contribution < -0.4 is 10.5 Å². The van der Waals surface area contributed by atoms with Crippen molar-refractivity contribution < 1.29 is 4.74 Å². The molecule has 1 saturated heterocycles. The van der Waals surface area contributed by atoms with Crippen LogP contribution in [0.4, 0.5) is 0 Å². The third-order valence-corrected chi connectivity index (χ3v) is 4.07. The number of methoxy groups -OCH3 is 1. The molecule has 1 aromatic carbocycles. The number of hydrogen-bond donors (Lipinski definition) is 2. The van der Waals surface area contributed by atoms with Crippen molar-refractivity contribution >= 4 is 21.8 Å². The molecule has 1 aliphatic rings. The highest BCUT2D eigenvalue weighted by molar-refractivity contribution is 9.10. The SMILES string of the molecule is COc1ccc(Br)cc1CN1CCCC(C(=N)N)C1. The zero-order valence-corrected chi connectivity index (χ0v) is 12.7. The van der Waals surface area contributed by atoms with Crippen molar-refractivity contribution in [1.82, 2.24) is 4.90 Å². The molecule has 1 aromatic rings. The molecular weight excluding hydrogens is 306 g/mol. The van der Waals surface area contributed by atoms with E-state index in [1.807, 2.05) is 12.1 Å². The Kier molecular flexibility index (Phi) is 4.82. The molecule has 3 N–H and O–H groups in total. The van der Waals surface area contributed by atoms with E-state index in [2.05, 4.69) is 26.9 Å². The normalized spacial score (nSPS) is 20.2. The predicted molar refractivity (Wildman–Crippen MR) is 80.6 cm³/mol. The lowest BCUT2D eigenvalue weighted by atomic mass is 9.96. The Balaban J connectivity index is 2.08. The summed E-state index contributed by atoms with van der Waals surface area (Å²) in [4.78, 5) is 2.35. The number of nitrogens with two attached hydrogens (primary N) is 1. The summed E-state index contributed by atoms with van der Waals surface area (Å²) in [5.41, 5.74) is 6.80. The predicted octanol–water partition coefficient (Wildman–Crippen LogP) is 2.61. The van der Waals surface area contributed by atoms with Crippen molar-refractivity contribution in [2.75, 3.05) is 20.2 Å². The minimum absolute atomic E-state index is 0.201. The van der Waals surface area contributed by atoms with Crippen molar-refractivity contribution in [1.29, 1.82) is 5.41 Å². The van der Waals surface area contributed by atoms with Crippen LogP contribution in [0, 0.1) is 11.3 Å². The molecule has 1 fully saturated rings. The van der Waals surface area contributed by atoms with Gasteiger partial charge in [-0.1, -0.05) is 15.9 Å². The Morgan fingerprint density at radius 2 is 2.37 bits per heavy atom. The highest BCUT2D eigenvalue weighted by atomic mass is 79.9. The Morgan fingerprint density at radius 1 is 1.58 bits per heavy atom. The van der Waals surface area contributed by atoms with Gasteiger partial charge in [-0.05, 0) is 37.6 Å². The van der Waals surface area contributed by atoms with E-state index in [0.717, 1.165) is 42.7 Å². The summed E-state index contributed by atoms with van der Waals surface area (Å²) in [7, 11) is 1.70. The Bertz CT molecular complexity index is 464.